The topological polar surface area (TPSA) is 94.6 Å². The number of benzene rings is 2. The number of fused-ring (bicyclic) bond motifs is 1. The first-order valence-corrected chi connectivity index (χ1v) is 14.4. The summed E-state index contributed by atoms with van der Waals surface area (Å²) in [6.45, 7) is 11.1. The molecule has 3 rings (SSSR count). The highest BCUT2D eigenvalue weighted by Crippen LogP contribution is 2.37. The maximum Gasteiger partial charge on any atom is 0.573 e. The Hall–Kier alpha value is -3.96. The SMILES string of the molecule is COC(=O)C[C@H](C(=O)N1CCc2c1ccc(OCc1ccc(CC(C)C)c(OC(F)(F)F)c1)c2C)N(C)C(=O)OC(C)(C)C. The average molecular weight is 623 g/mol. The maximum absolute atomic E-state index is 13.7. The molecule has 1 aliphatic heterocycles. The van der Waals surface area contributed by atoms with E-state index in [1.54, 1.807) is 45.0 Å². The Bertz CT molecular complexity index is 1370. The lowest BCUT2D eigenvalue weighted by atomic mass is 10.0. The molecule has 2 aromatic carbocycles. The van der Waals surface area contributed by atoms with Gasteiger partial charge in [-0.1, -0.05) is 26.0 Å². The number of hydrogen-bond donors (Lipinski definition) is 0. The van der Waals surface area contributed by atoms with E-state index in [4.69, 9.17) is 14.2 Å². The third kappa shape index (κ3) is 9.03. The molecule has 9 nitrogen and oxygen atoms in total. The summed E-state index contributed by atoms with van der Waals surface area (Å²) in [6, 6.07) is 6.93. The Morgan fingerprint density at radius 1 is 1.05 bits per heavy atom. The molecule has 0 aliphatic carbocycles. The van der Waals surface area contributed by atoms with Crippen LogP contribution in [0.5, 0.6) is 11.5 Å². The van der Waals surface area contributed by atoms with Crippen molar-refractivity contribution in [1.29, 1.82) is 0 Å². The van der Waals surface area contributed by atoms with Crippen LogP contribution in [0.25, 0.3) is 0 Å². The van der Waals surface area contributed by atoms with Gasteiger partial charge in [0.05, 0.1) is 13.5 Å². The lowest BCUT2D eigenvalue weighted by Gasteiger charge is -2.32. The number of esters is 1. The molecule has 0 N–H and O–H groups in total. The second-order valence-electron chi connectivity index (χ2n) is 12.2. The van der Waals surface area contributed by atoms with Crippen LogP contribution >= 0.6 is 0 Å². The summed E-state index contributed by atoms with van der Waals surface area (Å²) in [5, 5.41) is 0. The summed E-state index contributed by atoms with van der Waals surface area (Å²) < 4.78 is 59.7. The number of nitrogens with zero attached hydrogens (tertiary/aromatic N) is 2. The Balaban J connectivity index is 1.82. The van der Waals surface area contributed by atoms with Crippen molar-refractivity contribution in [2.75, 3.05) is 25.6 Å². The standard InChI is InChI=1S/C32H41F3N2O7/c1-19(2)15-22-10-9-21(16-27(22)43-32(33,34)35)18-42-26-12-11-24-23(20(26)3)13-14-37(24)29(39)25(17-28(38)41-8)36(7)30(40)44-31(4,5)6/h9-12,16,19,25H,13-15,17-18H2,1-8H3/t25-/m1/s1. The van der Waals surface area contributed by atoms with Gasteiger partial charge in [-0.3, -0.25) is 14.5 Å². The van der Waals surface area contributed by atoms with Gasteiger partial charge in [0.2, 0.25) is 0 Å². The van der Waals surface area contributed by atoms with E-state index < -0.39 is 36.0 Å². The number of anilines is 1. The molecule has 2 aromatic rings. The fourth-order valence-corrected chi connectivity index (χ4v) is 4.97. The van der Waals surface area contributed by atoms with E-state index in [9.17, 15) is 27.6 Å². The molecule has 1 aliphatic rings. The monoisotopic (exact) mass is 622 g/mol. The zero-order chi connectivity index (χ0) is 33.0. The first-order chi connectivity index (χ1) is 20.4. The molecular formula is C32H41F3N2O7. The number of methoxy groups -OCH3 is 1. The number of carbonyl (C=O) groups excluding carboxylic acids is 3. The zero-order valence-electron chi connectivity index (χ0n) is 26.5. The van der Waals surface area contributed by atoms with E-state index in [-0.39, 0.29) is 24.7 Å². The van der Waals surface area contributed by atoms with Gasteiger partial charge < -0.3 is 23.8 Å². The van der Waals surface area contributed by atoms with Gasteiger partial charge in [-0.2, -0.15) is 0 Å². The van der Waals surface area contributed by atoms with E-state index >= 15 is 0 Å². The van der Waals surface area contributed by atoms with Crippen molar-refractivity contribution in [2.45, 2.75) is 85.4 Å². The van der Waals surface area contributed by atoms with E-state index in [0.29, 0.717) is 42.0 Å². The third-order valence-corrected chi connectivity index (χ3v) is 7.07. The fraction of sp³-hybridized carbons (Fsp3) is 0.531. The van der Waals surface area contributed by atoms with Gasteiger partial charge in [-0.25, -0.2) is 4.79 Å². The molecule has 0 radical (unpaired) electrons. The Kier molecular flexibility index (Phi) is 10.8. The van der Waals surface area contributed by atoms with Crippen molar-refractivity contribution in [3.05, 3.63) is 52.6 Å². The van der Waals surface area contributed by atoms with Crippen molar-refractivity contribution in [1.82, 2.24) is 4.90 Å². The molecular weight excluding hydrogens is 581 g/mol. The quantitative estimate of drug-likeness (QED) is 0.285. The fourth-order valence-electron chi connectivity index (χ4n) is 4.97. The lowest BCUT2D eigenvalue weighted by molar-refractivity contribution is -0.275. The van der Waals surface area contributed by atoms with E-state index in [1.807, 2.05) is 20.8 Å². The normalized spacial score (nSPS) is 13.8. The summed E-state index contributed by atoms with van der Waals surface area (Å²) >= 11 is 0. The van der Waals surface area contributed by atoms with Gasteiger partial charge in [0.15, 0.2) is 0 Å². The molecule has 2 amide bonds. The van der Waals surface area contributed by atoms with Crippen molar-refractivity contribution in [3.63, 3.8) is 0 Å². The smallest absolute Gasteiger partial charge is 0.489 e. The second kappa shape index (κ2) is 13.8. The first kappa shape index (κ1) is 34.5. The highest BCUT2D eigenvalue weighted by molar-refractivity contribution is 6.02. The van der Waals surface area contributed by atoms with Crippen molar-refractivity contribution in [3.8, 4) is 11.5 Å². The Morgan fingerprint density at radius 2 is 1.73 bits per heavy atom. The summed E-state index contributed by atoms with van der Waals surface area (Å²) in [5.41, 5.74) is 2.39. The van der Waals surface area contributed by atoms with Crippen molar-refractivity contribution >= 4 is 23.7 Å². The average Bonchev–Trinajstić information content (AvgIpc) is 3.34. The molecule has 0 saturated heterocycles. The molecule has 0 aromatic heterocycles. The molecule has 0 bridgehead atoms. The number of carbonyl (C=O) groups is 3. The molecule has 1 heterocycles. The highest BCUT2D eigenvalue weighted by atomic mass is 19.4. The van der Waals surface area contributed by atoms with Gasteiger partial charge in [-0.05, 0) is 86.9 Å². The van der Waals surface area contributed by atoms with Crippen LogP contribution in [0.2, 0.25) is 0 Å². The van der Waals surface area contributed by atoms with Gasteiger partial charge in [-0.15, -0.1) is 13.2 Å². The maximum atomic E-state index is 13.7. The van der Waals surface area contributed by atoms with E-state index in [2.05, 4.69) is 4.74 Å². The Morgan fingerprint density at radius 3 is 2.32 bits per heavy atom. The molecule has 12 heteroatoms. The highest BCUT2D eigenvalue weighted by Gasteiger charge is 2.38. The van der Waals surface area contributed by atoms with Crippen LogP contribution < -0.4 is 14.4 Å². The predicted octanol–water partition coefficient (Wildman–Crippen LogP) is 6.36. The van der Waals surface area contributed by atoms with Crippen LogP contribution in [0.3, 0.4) is 0 Å². The summed E-state index contributed by atoms with van der Waals surface area (Å²) in [6.07, 6.45) is -4.99. The minimum Gasteiger partial charge on any atom is -0.489 e. The van der Waals surface area contributed by atoms with Gasteiger partial charge in [0.1, 0.15) is 29.7 Å². The molecule has 1 atom stereocenters. The van der Waals surface area contributed by atoms with Gasteiger partial charge in [0, 0.05) is 19.3 Å². The minimum atomic E-state index is -4.82. The number of halogens is 3. The molecule has 0 spiro atoms. The summed E-state index contributed by atoms with van der Waals surface area (Å²) in [4.78, 5) is 41.3. The van der Waals surface area contributed by atoms with Crippen LogP contribution in [0.4, 0.5) is 23.7 Å². The number of likely N-dealkylation sites (N-methyl/N-ethyl adjacent to an activating group) is 1. The van der Waals surface area contributed by atoms with Crippen LogP contribution in [0, 0.1) is 12.8 Å². The van der Waals surface area contributed by atoms with E-state index in [1.165, 1.54) is 25.1 Å². The van der Waals surface area contributed by atoms with Crippen LogP contribution in [0.1, 0.15) is 63.3 Å². The number of amides is 2. The molecule has 0 saturated carbocycles. The lowest BCUT2D eigenvalue weighted by Crippen LogP contribution is -2.51. The van der Waals surface area contributed by atoms with E-state index in [0.717, 1.165) is 16.0 Å². The van der Waals surface area contributed by atoms with Crippen molar-refractivity contribution in [2.24, 2.45) is 5.92 Å². The minimum absolute atomic E-state index is 0.000331. The largest absolute Gasteiger partial charge is 0.573 e. The molecule has 44 heavy (non-hydrogen) atoms. The second-order valence-corrected chi connectivity index (χ2v) is 12.2. The summed E-state index contributed by atoms with van der Waals surface area (Å²) in [5.74, 6) is -0.709. The van der Waals surface area contributed by atoms with Crippen LogP contribution in [-0.4, -0.2) is 61.6 Å². The van der Waals surface area contributed by atoms with Crippen LogP contribution in [0.15, 0.2) is 30.3 Å². The van der Waals surface area contributed by atoms with Crippen LogP contribution in [-0.2, 0) is 38.5 Å². The van der Waals surface area contributed by atoms with Crippen molar-refractivity contribution < 1.29 is 46.5 Å². The third-order valence-electron chi connectivity index (χ3n) is 7.07. The Labute approximate surface area is 256 Å². The number of hydrogen-bond acceptors (Lipinski definition) is 7. The number of alkyl halides is 3. The predicted molar refractivity (Wildman–Crippen MR) is 158 cm³/mol. The zero-order valence-corrected chi connectivity index (χ0v) is 26.5. The first-order valence-electron chi connectivity index (χ1n) is 14.4. The number of rotatable bonds is 10. The van der Waals surface area contributed by atoms with Gasteiger partial charge >= 0.3 is 18.4 Å². The summed E-state index contributed by atoms with van der Waals surface area (Å²) in [7, 11) is 2.61. The van der Waals surface area contributed by atoms with Gasteiger partial charge in [0.25, 0.3) is 5.91 Å². The number of ether oxygens (including phenoxy) is 4. The molecule has 0 unspecified atom stereocenters. The molecule has 242 valence electrons. The molecule has 0 fully saturated rings.